The van der Waals surface area contributed by atoms with Crippen LogP contribution in [0.2, 0.25) is 0 Å². The maximum atomic E-state index is 11.3. The summed E-state index contributed by atoms with van der Waals surface area (Å²) in [5, 5.41) is 0. The van der Waals surface area contributed by atoms with Gasteiger partial charge >= 0.3 is 0 Å². The van der Waals surface area contributed by atoms with E-state index in [1.165, 1.54) is 0 Å². The Hall–Kier alpha value is -1.79. The lowest BCUT2D eigenvalue weighted by Crippen LogP contribution is -2.23. The third kappa shape index (κ3) is 3.30. The van der Waals surface area contributed by atoms with Crippen LogP contribution in [-0.2, 0) is 4.84 Å². The Morgan fingerprint density at radius 2 is 2.14 bits per heavy atom. The van der Waals surface area contributed by atoms with Crippen LogP contribution < -0.4 is 5.48 Å². The minimum absolute atomic E-state index is 0.203. The van der Waals surface area contributed by atoms with E-state index in [9.17, 15) is 4.79 Å². The highest BCUT2D eigenvalue weighted by molar-refractivity contribution is 5.93. The SMILES string of the molecule is CC#CCONC(=O)c1ccccc1. The Labute approximate surface area is 83.0 Å². The summed E-state index contributed by atoms with van der Waals surface area (Å²) in [5.74, 6) is 5.06. The van der Waals surface area contributed by atoms with Crippen molar-refractivity contribution in [2.75, 3.05) is 6.61 Å². The molecule has 1 rings (SSSR count). The number of hydroxylamine groups is 1. The van der Waals surface area contributed by atoms with Gasteiger partial charge in [0.15, 0.2) is 0 Å². The molecule has 0 radical (unpaired) electrons. The van der Waals surface area contributed by atoms with E-state index in [1.54, 1.807) is 31.2 Å². The Kier molecular flexibility index (Phi) is 4.25. The number of nitrogens with one attached hydrogen (secondary N) is 1. The molecule has 0 aromatic heterocycles. The molecule has 0 unspecified atom stereocenters. The number of rotatable bonds is 3. The Bertz CT molecular complexity index is 349. The van der Waals surface area contributed by atoms with Crippen molar-refractivity contribution in [1.82, 2.24) is 5.48 Å². The second kappa shape index (κ2) is 5.79. The first-order chi connectivity index (χ1) is 6.84. The summed E-state index contributed by atoms with van der Waals surface area (Å²) in [6.45, 7) is 1.91. The Morgan fingerprint density at radius 3 is 2.79 bits per heavy atom. The van der Waals surface area contributed by atoms with E-state index in [-0.39, 0.29) is 12.5 Å². The molecule has 72 valence electrons. The highest BCUT2D eigenvalue weighted by atomic mass is 16.6. The molecule has 1 aromatic rings. The summed E-state index contributed by atoms with van der Waals surface area (Å²) in [7, 11) is 0. The molecule has 3 heteroatoms. The van der Waals surface area contributed by atoms with Gasteiger partial charge in [0.1, 0.15) is 6.61 Å². The summed E-state index contributed by atoms with van der Waals surface area (Å²) in [5.41, 5.74) is 2.86. The average molecular weight is 189 g/mol. The van der Waals surface area contributed by atoms with E-state index in [1.807, 2.05) is 6.07 Å². The van der Waals surface area contributed by atoms with Gasteiger partial charge in [0.05, 0.1) is 0 Å². The van der Waals surface area contributed by atoms with Crippen molar-refractivity contribution in [2.45, 2.75) is 6.92 Å². The molecule has 14 heavy (non-hydrogen) atoms. The van der Waals surface area contributed by atoms with Gasteiger partial charge in [-0.15, -0.1) is 5.92 Å². The van der Waals surface area contributed by atoms with Crippen LogP contribution in [-0.4, -0.2) is 12.5 Å². The molecule has 1 aromatic carbocycles. The second-order valence-corrected chi connectivity index (χ2v) is 2.51. The van der Waals surface area contributed by atoms with Crippen molar-refractivity contribution >= 4 is 5.91 Å². The molecule has 0 aliphatic heterocycles. The maximum Gasteiger partial charge on any atom is 0.274 e. The van der Waals surface area contributed by atoms with Crippen molar-refractivity contribution < 1.29 is 9.63 Å². The van der Waals surface area contributed by atoms with Gasteiger partial charge < -0.3 is 0 Å². The normalized spacial score (nSPS) is 8.64. The van der Waals surface area contributed by atoms with Crippen LogP contribution in [0.3, 0.4) is 0 Å². The van der Waals surface area contributed by atoms with E-state index >= 15 is 0 Å². The molecule has 0 saturated carbocycles. The number of hydrogen-bond donors (Lipinski definition) is 1. The topological polar surface area (TPSA) is 38.3 Å². The fourth-order valence-electron chi connectivity index (χ4n) is 0.858. The minimum Gasteiger partial charge on any atom is -0.267 e. The van der Waals surface area contributed by atoms with Crippen LogP contribution in [0, 0.1) is 11.8 Å². The van der Waals surface area contributed by atoms with Crippen molar-refractivity contribution in [3.05, 3.63) is 35.9 Å². The smallest absolute Gasteiger partial charge is 0.267 e. The molecular weight excluding hydrogens is 178 g/mol. The number of hydrogen-bond acceptors (Lipinski definition) is 2. The molecule has 3 nitrogen and oxygen atoms in total. The number of carbonyl (C=O) groups excluding carboxylic acids is 1. The van der Waals surface area contributed by atoms with Gasteiger partial charge in [-0.2, -0.15) is 0 Å². The van der Waals surface area contributed by atoms with Gasteiger partial charge in [0.2, 0.25) is 0 Å². The van der Waals surface area contributed by atoms with Crippen LogP contribution >= 0.6 is 0 Å². The predicted molar refractivity (Wildman–Crippen MR) is 53.3 cm³/mol. The Balaban J connectivity index is 2.39. The summed E-state index contributed by atoms with van der Waals surface area (Å²) < 4.78 is 0. The second-order valence-electron chi connectivity index (χ2n) is 2.51. The number of amides is 1. The number of carbonyl (C=O) groups is 1. The third-order valence-corrected chi connectivity index (χ3v) is 1.52. The summed E-state index contributed by atoms with van der Waals surface area (Å²) in [4.78, 5) is 16.1. The average Bonchev–Trinajstić information content (AvgIpc) is 2.25. The summed E-state index contributed by atoms with van der Waals surface area (Å²) >= 11 is 0. The molecule has 1 N–H and O–H groups in total. The van der Waals surface area contributed by atoms with Crippen molar-refractivity contribution in [3.8, 4) is 11.8 Å². The highest BCUT2D eigenvalue weighted by Crippen LogP contribution is 1.97. The maximum absolute atomic E-state index is 11.3. The van der Waals surface area contributed by atoms with Crippen molar-refractivity contribution in [1.29, 1.82) is 0 Å². The molecule has 0 fully saturated rings. The van der Waals surface area contributed by atoms with E-state index in [4.69, 9.17) is 4.84 Å². The molecule has 0 heterocycles. The zero-order valence-corrected chi connectivity index (χ0v) is 7.91. The van der Waals surface area contributed by atoms with Crippen LogP contribution in [0.4, 0.5) is 0 Å². The van der Waals surface area contributed by atoms with Gasteiger partial charge in [-0.3, -0.25) is 9.63 Å². The quantitative estimate of drug-likeness (QED) is 0.443. The third-order valence-electron chi connectivity index (χ3n) is 1.52. The highest BCUT2D eigenvalue weighted by Gasteiger charge is 2.02. The molecule has 1 amide bonds. The zero-order chi connectivity index (χ0) is 10.2. The minimum atomic E-state index is -0.261. The van der Waals surface area contributed by atoms with Gasteiger partial charge in [0.25, 0.3) is 5.91 Å². The molecule has 0 atom stereocenters. The van der Waals surface area contributed by atoms with Gasteiger partial charge in [-0.25, -0.2) is 5.48 Å². The molecule has 0 aliphatic rings. The van der Waals surface area contributed by atoms with E-state index < -0.39 is 0 Å². The molecule has 0 bridgehead atoms. The molecule has 0 spiro atoms. The summed E-state index contributed by atoms with van der Waals surface area (Å²) in [6.07, 6.45) is 0. The molecular formula is C11H11NO2. The van der Waals surface area contributed by atoms with E-state index in [2.05, 4.69) is 17.3 Å². The lowest BCUT2D eigenvalue weighted by molar-refractivity contribution is 0.0438. The van der Waals surface area contributed by atoms with Crippen molar-refractivity contribution in [3.63, 3.8) is 0 Å². The molecule has 0 aliphatic carbocycles. The Morgan fingerprint density at radius 1 is 1.43 bits per heavy atom. The predicted octanol–water partition coefficient (Wildman–Crippen LogP) is 1.37. The van der Waals surface area contributed by atoms with Crippen molar-refractivity contribution in [2.24, 2.45) is 0 Å². The lowest BCUT2D eigenvalue weighted by atomic mass is 10.2. The summed E-state index contributed by atoms with van der Waals surface area (Å²) in [6, 6.07) is 8.86. The molecule has 0 saturated heterocycles. The fraction of sp³-hybridized carbons (Fsp3) is 0.182. The standard InChI is InChI=1S/C11H11NO2/c1-2-3-9-14-12-11(13)10-7-5-4-6-8-10/h4-8H,9H2,1H3,(H,12,13). The first-order valence-corrected chi connectivity index (χ1v) is 4.21. The van der Waals surface area contributed by atoms with Crippen LogP contribution in [0.1, 0.15) is 17.3 Å². The monoisotopic (exact) mass is 189 g/mol. The first-order valence-electron chi connectivity index (χ1n) is 4.21. The van der Waals surface area contributed by atoms with Crippen LogP contribution in [0.5, 0.6) is 0 Å². The first kappa shape index (κ1) is 10.3. The zero-order valence-electron chi connectivity index (χ0n) is 7.91. The van der Waals surface area contributed by atoms with Crippen LogP contribution in [0.15, 0.2) is 30.3 Å². The van der Waals surface area contributed by atoms with Crippen LogP contribution in [0.25, 0.3) is 0 Å². The van der Waals surface area contributed by atoms with E-state index in [0.717, 1.165) is 0 Å². The number of benzene rings is 1. The van der Waals surface area contributed by atoms with Gasteiger partial charge in [-0.05, 0) is 19.1 Å². The largest absolute Gasteiger partial charge is 0.274 e. The fourth-order valence-corrected chi connectivity index (χ4v) is 0.858. The van der Waals surface area contributed by atoms with Gasteiger partial charge in [-0.1, -0.05) is 24.1 Å². The van der Waals surface area contributed by atoms with E-state index in [0.29, 0.717) is 5.56 Å². The lowest BCUT2D eigenvalue weighted by Gasteiger charge is -2.01. The van der Waals surface area contributed by atoms with Gasteiger partial charge in [0, 0.05) is 5.56 Å².